The van der Waals surface area contributed by atoms with E-state index in [2.05, 4.69) is 15.3 Å². The third-order valence-electron chi connectivity index (χ3n) is 2.99. The number of nitrogens with zero attached hydrogens (tertiary/aromatic N) is 5. The van der Waals surface area contributed by atoms with E-state index in [-0.39, 0.29) is 5.43 Å². The Hall–Kier alpha value is -2.70. The van der Waals surface area contributed by atoms with Crippen LogP contribution in [0, 0.1) is 0 Å². The van der Waals surface area contributed by atoms with Gasteiger partial charge in [-0.15, -0.1) is 0 Å². The van der Waals surface area contributed by atoms with Gasteiger partial charge in [-0.1, -0.05) is 0 Å². The number of pyridine rings is 2. The molecule has 0 aliphatic heterocycles. The zero-order valence-corrected chi connectivity index (χ0v) is 11.4. The molecule has 3 rings (SSSR count). The molecule has 102 valence electrons. The maximum Gasteiger partial charge on any atom is 0.226 e. The van der Waals surface area contributed by atoms with Gasteiger partial charge in [-0.3, -0.25) is 4.79 Å². The largest absolute Gasteiger partial charge is 0.383 e. The Labute approximate surface area is 114 Å². The Balaban J connectivity index is 2.49. The summed E-state index contributed by atoms with van der Waals surface area (Å²) in [6, 6.07) is 1.51. The van der Waals surface area contributed by atoms with E-state index in [9.17, 15) is 4.79 Å². The lowest BCUT2D eigenvalue weighted by molar-refractivity contribution is 0.315. The quantitative estimate of drug-likeness (QED) is 0.692. The number of hydrogen-bond acceptors (Lipinski definition) is 6. The molecule has 0 aliphatic rings. The van der Waals surface area contributed by atoms with Crippen LogP contribution in [0.3, 0.4) is 0 Å². The summed E-state index contributed by atoms with van der Waals surface area (Å²) in [5.74, 6) is 0. The molecule has 0 aromatic carbocycles. The van der Waals surface area contributed by atoms with E-state index in [1.165, 1.54) is 6.07 Å². The molecule has 20 heavy (non-hydrogen) atoms. The number of hydrogen-bond donors (Lipinski definition) is 0. The molecular formula is C13H13N5O2. The van der Waals surface area contributed by atoms with Crippen LogP contribution in [0.25, 0.3) is 28.1 Å². The zero-order valence-electron chi connectivity index (χ0n) is 11.4. The molecule has 7 heteroatoms. The van der Waals surface area contributed by atoms with Crippen LogP contribution >= 0.6 is 0 Å². The second kappa shape index (κ2) is 4.44. The topological polar surface area (TPSA) is 77.1 Å². The van der Waals surface area contributed by atoms with Gasteiger partial charge in [0.15, 0.2) is 10.9 Å². The van der Waals surface area contributed by atoms with Crippen LogP contribution in [-0.2, 0) is 7.05 Å². The molecule has 3 heterocycles. The molecule has 7 nitrogen and oxygen atoms in total. The van der Waals surface area contributed by atoms with Gasteiger partial charge in [-0.05, 0) is 16.4 Å². The van der Waals surface area contributed by atoms with Crippen LogP contribution in [0.5, 0.6) is 0 Å². The molecule has 3 aromatic heterocycles. The average Bonchev–Trinajstić information content (AvgIpc) is 2.87. The normalized spacial score (nSPS) is 11.8. The monoisotopic (exact) mass is 271 g/mol. The Kier molecular flexibility index (Phi) is 2.74. The third-order valence-corrected chi connectivity index (χ3v) is 2.99. The first-order valence-electron chi connectivity index (χ1n) is 6.04. The smallest absolute Gasteiger partial charge is 0.226 e. The van der Waals surface area contributed by atoms with Crippen molar-refractivity contribution in [2.75, 3.05) is 14.1 Å². The highest BCUT2D eigenvalue weighted by atomic mass is 16.6. The van der Waals surface area contributed by atoms with E-state index >= 15 is 0 Å². The summed E-state index contributed by atoms with van der Waals surface area (Å²) in [4.78, 5) is 18.4. The summed E-state index contributed by atoms with van der Waals surface area (Å²) >= 11 is 0. The maximum atomic E-state index is 12.2. The molecule has 0 unspecified atom stereocenters. The Morgan fingerprint density at radius 1 is 1.35 bits per heavy atom. The maximum absolute atomic E-state index is 12.2. The SMILES string of the molecule is CN(C)/C=C/c1nc2nonc2c2c1c(=O)ccn2C. The molecule has 0 N–H and O–H groups in total. The summed E-state index contributed by atoms with van der Waals surface area (Å²) < 4.78 is 6.55. The predicted molar refractivity (Wildman–Crippen MR) is 75.1 cm³/mol. The summed E-state index contributed by atoms with van der Waals surface area (Å²) in [5.41, 5.74) is 1.99. The van der Waals surface area contributed by atoms with Crippen molar-refractivity contribution in [3.8, 4) is 0 Å². The van der Waals surface area contributed by atoms with Gasteiger partial charge in [-0.2, -0.15) is 0 Å². The van der Waals surface area contributed by atoms with Crippen molar-refractivity contribution >= 4 is 28.1 Å². The van der Waals surface area contributed by atoms with Crippen molar-refractivity contribution < 1.29 is 4.63 Å². The summed E-state index contributed by atoms with van der Waals surface area (Å²) in [6.07, 6.45) is 5.30. The second-order valence-corrected chi connectivity index (χ2v) is 4.73. The molecule has 0 aliphatic carbocycles. The van der Waals surface area contributed by atoms with Crippen molar-refractivity contribution in [3.63, 3.8) is 0 Å². The van der Waals surface area contributed by atoms with Crippen LogP contribution in [0.2, 0.25) is 0 Å². The van der Waals surface area contributed by atoms with Gasteiger partial charge >= 0.3 is 0 Å². The Morgan fingerprint density at radius 2 is 2.15 bits per heavy atom. The van der Waals surface area contributed by atoms with E-state index in [4.69, 9.17) is 4.63 Å². The molecule has 0 bridgehead atoms. The van der Waals surface area contributed by atoms with E-state index in [0.717, 1.165) is 0 Å². The van der Waals surface area contributed by atoms with Crippen LogP contribution < -0.4 is 5.43 Å². The third kappa shape index (κ3) is 1.83. The second-order valence-electron chi connectivity index (χ2n) is 4.73. The molecular weight excluding hydrogens is 258 g/mol. The molecule has 3 aromatic rings. The molecule has 0 saturated heterocycles. The highest BCUT2D eigenvalue weighted by molar-refractivity contribution is 6.02. The fourth-order valence-corrected chi connectivity index (χ4v) is 2.08. The Morgan fingerprint density at radius 3 is 2.90 bits per heavy atom. The zero-order chi connectivity index (χ0) is 14.3. The average molecular weight is 271 g/mol. The number of rotatable bonds is 2. The fraction of sp³-hybridized carbons (Fsp3) is 0.231. The van der Waals surface area contributed by atoms with E-state index < -0.39 is 0 Å². The predicted octanol–water partition coefficient (Wildman–Crippen LogP) is 1.00. The van der Waals surface area contributed by atoms with E-state index in [1.807, 2.05) is 36.8 Å². The number of aromatic nitrogens is 4. The molecule has 0 amide bonds. The lowest BCUT2D eigenvalue weighted by Crippen LogP contribution is -2.09. The molecule has 0 saturated carbocycles. The molecule has 0 spiro atoms. The first-order chi connectivity index (χ1) is 9.58. The highest BCUT2D eigenvalue weighted by Gasteiger charge is 2.15. The van der Waals surface area contributed by atoms with Gasteiger partial charge in [0.05, 0.1) is 16.6 Å². The van der Waals surface area contributed by atoms with Gasteiger partial charge in [-0.25, -0.2) is 9.61 Å². The lowest BCUT2D eigenvalue weighted by atomic mass is 10.1. The molecule has 0 atom stereocenters. The first-order valence-corrected chi connectivity index (χ1v) is 6.04. The number of aryl methyl sites for hydroxylation is 1. The van der Waals surface area contributed by atoms with Gasteiger partial charge in [0.25, 0.3) is 0 Å². The standard InChI is InChI=1S/C13H13N5O2/c1-17(2)6-4-8-10-9(19)5-7-18(3)12(10)11-13(14-8)16-20-15-11/h4-7H,1-3H3/b6-4+. The van der Waals surface area contributed by atoms with Gasteiger partial charge in [0, 0.05) is 39.6 Å². The van der Waals surface area contributed by atoms with Gasteiger partial charge < -0.3 is 9.47 Å². The van der Waals surface area contributed by atoms with Gasteiger partial charge in [0.2, 0.25) is 5.65 Å². The van der Waals surface area contributed by atoms with Crippen molar-refractivity contribution in [3.05, 3.63) is 34.4 Å². The van der Waals surface area contributed by atoms with Crippen LogP contribution in [-0.4, -0.2) is 38.9 Å². The highest BCUT2D eigenvalue weighted by Crippen LogP contribution is 2.22. The van der Waals surface area contributed by atoms with Gasteiger partial charge in [0.1, 0.15) is 0 Å². The number of fused-ring (bicyclic) bond motifs is 3. The Bertz CT molecular complexity index is 875. The minimum absolute atomic E-state index is 0.103. The minimum atomic E-state index is -0.103. The lowest BCUT2D eigenvalue weighted by Gasteiger charge is -2.07. The van der Waals surface area contributed by atoms with E-state index in [0.29, 0.717) is 27.8 Å². The first kappa shape index (κ1) is 12.3. The molecule has 0 radical (unpaired) electrons. The van der Waals surface area contributed by atoms with Crippen LogP contribution in [0.4, 0.5) is 0 Å². The van der Waals surface area contributed by atoms with Crippen molar-refractivity contribution in [1.29, 1.82) is 0 Å². The minimum Gasteiger partial charge on any atom is -0.383 e. The van der Waals surface area contributed by atoms with E-state index in [1.54, 1.807) is 12.3 Å². The molecule has 0 fully saturated rings. The summed E-state index contributed by atoms with van der Waals surface area (Å²) in [6.45, 7) is 0. The van der Waals surface area contributed by atoms with Crippen LogP contribution in [0.1, 0.15) is 5.69 Å². The van der Waals surface area contributed by atoms with Crippen molar-refractivity contribution in [2.45, 2.75) is 0 Å². The van der Waals surface area contributed by atoms with Crippen molar-refractivity contribution in [1.82, 2.24) is 24.8 Å². The van der Waals surface area contributed by atoms with Crippen molar-refractivity contribution in [2.24, 2.45) is 7.05 Å². The fourth-order valence-electron chi connectivity index (χ4n) is 2.08. The van der Waals surface area contributed by atoms with Crippen LogP contribution in [0.15, 0.2) is 27.9 Å². The summed E-state index contributed by atoms with van der Waals surface area (Å²) in [5, 5.41) is 8.12. The summed E-state index contributed by atoms with van der Waals surface area (Å²) in [7, 11) is 5.63.